The minimum atomic E-state index is -1.11. The van der Waals surface area contributed by atoms with Crippen molar-refractivity contribution in [2.24, 2.45) is 5.73 Å². The Hall–Kier alpha value is -1.89. The van der Waals surface area contributed by atoms with Crippen LogP contribution < -0.4 is 11.1 Å². The minimum Gasteiger partial charge on any atom is -0.444 e. The fourth-order valence-corrected chi connectivity index (χ4v) is 2.12. The molecular formula is C14H20N2O4S. The first-order valence-corrected chi connectivity index (χ1v) is 7.88. The largest absolute Gasteiger partial charge is 0.444 e. The van der Waals surface area contributed by atoms with Gasteiger partial charge in [-0.2, -0.15) is 0 Å². The van der Waals surface area contributed by atoms with Gasteiger partial charge in [-0.3, -0.25) is 9.00 Å². The maximum atomic E-state index is 11.7. The molecule has 1 rings (SSSR count). The molecule has 21 heavy (non-hydrogen) atoms. The van der Waals surface area contributed by atoms with Gasteiger partial charge in [0.25, 0.3) is 0 Å². The Kier molecular flexibility index (Phi) is 5.48. The van der Waals surface area contributed by atoms with E-state index in [2.05, 4.69) is 5.32 Å². The van der Waals surface area contributed by atoms with Crippen LogP contribution in [-0.4, -0.2) is 28.1 Å². The van der Waals surface area contributed by atoms with Gasteiger partial charge in [-0.15, -0.1) is 0 Å². The van der Waals surface area contributed by atoms with Crippen LogP contribution in [0.2, 0.25) is 0 Å². The van der Waals surface area contributed by atoms with Gasteiger partial charge in [0, 0.05) is 22.0 Å². The number of benzene rings is 1. The van der Waals surface area contributed by atoms with Gasteiger partial charge in [-0.05, 0) is 38.5 Å². The highest BCUT2D eigenvalue weighted by Gasteiger charge is 2.24. The van der Waals surface area contributed by atoms with Gasteiger partial charge >= 0.3 is 6.09 Å². The van der Waals surface area contributed by atoms with Crippen molar-refractivity contribution in [3.05, 3.63) is 29.8 Å². The van der Waals surface area contributed by atoms with Gasteiger partial charge in [-0.25, -0.2) is 4.79 Å². The first kappa shape index (κ1) is 17.2. The molecule has 0 saturated carbocycles. The predicted octanol–water partition coefficient (Wildman–Crippen LogP) is 1.48. The van der Waals surface area contributed by atoms with Crippen LogP contribution in [0, 0.1) is 0 Å². The van der Waals surface area contributed by atoms with Crippen molar-refractivity contribution >= 4 is 22.8 Å². The zero-order valence-corrected chi connectivity index (χ0v) is 13.3. The molecule has 0 spiro atoms. The molecule has 0 aromatic heterocycles. The van der Waals surface area contributed by atoms with E-state index in [1.807, 2.05) is 0 Å². The molecule has 7 heteroatoms. The topological polar surface area (TPSA) is 98.5 Å². The van der Waals surface area contributed by atoms with Crippen molar-refractivity contribution < 1.29 is 18.5 Å². The van der Waals surface area contributed by atoms with Crippen LogP contribution >= 0.6 is 0 Å². The van der Waals surface area contributed by atoms with Crippen LogP contribution in [0.3, 0.4) is 0 Å². The summed E-state index contributed by atoms with van der Waals surface area (Å²) in [6.45, 7) is 5.16. The van der Waals surface area contributed by atoms with Crippen LogP contribution in [0.25, 0.3) is 0 Å². The molecule has 2 atom stereocenters. The summed E-state index contributed by atoms with van der Waals surface area (Å²) in [7, 11) is -1.11. The lowest BCUT2D eigenvalue weighted by Gasteiger charge is -2.22. The molecule has 0 aliphatic heterocycles. The van der Waals surface area contributed by atoms with E-state index in [1.165, 1.54) is 0 Å². The van der Waals surface area contributed by atoms with E-state index in [4.69, 9.17) is 10.5 Å². The molecular weight excluding hydrogens is 292 g/mol. The molecule has 0 fully saturated rings. The molecule has 0 heterocycles. The standard InChI is InChI=1S/C14H20N2O4S/c1-14(2,3)20-13(18)16-11(12(15)17)9-5-7-10(8-6-9)21(4)19/h5-8,11H,1-4H3,(H2,15,17)(H,16,18). The van der Waals surface area contributed by atoms with Gasteiger partial charge < -0.3 is 15.8 Å². The lowest BCUT2D eigenvalue weighted by atomic mass is 10.1. The van der Waals surface area contributed by atoms with E-state index in [1.54, 1.807) is 51.3 Å². The van der Waals surface area contributed by atoms with Crippen molar-refractivity contribution in [2.45, 2.75) is 37.3 Å². The normalized spacial score (nSPS) is 14.1. The van der Waals surface area contributed by atoms with Gasteiger partial charge in [0.05, 0.1) is 0 Å². The molecule has 2 unspecified atom stereocenters. The molecule has 0 bridgehead atoms. The van der Waals surface area contributed by atoms with E-state index < -0.39 is 34.4 Å². The number of hydrogen-bond acceptors (Lipinski definition) is 4. The molecule has 1 aromatic rings. The molecule has 0 aliphatic carbocycles. The quantitative estimate of drug-likeness (QED) is 0.879. The molecule has 1 aromatic carbocycles. The number of carbonyl (C=O) groups excluding carboxylic acids is 2. The lowest BCUT2D eigenvalue weighted by molar-refractivity contribution is -0.120. The SMILES string of the molecule is CS(=O)c1ccc(C(NC(=O)OC(C)(C)C)C(N)=O)cc1. The minimum absolute atomic E-state index is 0.502. The Morgan fingerprint density at radius 2 is 1.76 bits per heavy atom. The lowest BCUT2D eigenvalue weighted by Crippen LogP contribution is -2.40. The van der Waals surface area contributed by atoms with Crippen LogP contribution in [0.5, 0.6) is 0 Å². The molecule has 0 radical (unpaired) electrons. The maximum absolute atomic E-state index is 11.7. The summed E-state index contributed by atoms with van der Waals surface area (Å²) in [6.07, 6.45) is 0.828. The van der Waals surface area contributed by atoms with Crippen LogP contribution in [0.4, 0.5) is 4.79 Å². The second kappa shape index (κ2) is 6.71. The monoisotopic (exact) mass is 312 g/mol. The van der Waals surface area contributed by atoms with Crippen molar-refractivity contribution in [3.8, 4) is 0 Å². The van der Waals surface area contributed by atoms with Crippen LogP contribution in [-0.2, 0) is 20.3 Å². The molecule has 2 amide bonds. The summed E-state index contributed by atoms with van der Waals surface area (Å²) in [5, 5.41) is 2.43. The number of carbonyl (C=O) groups is 2. The van der Waals surface area contributed by atoms with Gasteiger partial charge in [-0.1, -0.05) is 12.1 Å². The smallest absolute Gasteiger partial charge is 0.408 e. The Bertz CT molecular complexity index is 549. The van der Waals surface area contributed by atoms with Crippen molar-refractivity contribution in [3.63, 3.8) is 0 Å². The Labute approximate surface area is 126 Å². The average Bonchev–Trinajstić information content (AvgIpc) is 2.33. The second-order valence-corrected chi connectivity index (χ2v) is 6.88. The highest BCUT2D eigenvalue weighted by atomic mass is 32.2. The Morgan fingerprint density at radius 3 is 2.14 bits per heavy atom. The number of ether oxygens (including phenoxy) is 1. The van der Waals surface area contributed by atoms with E-state index in [0.29, 0.717) is 10.5 Å². The molecule has 0 aliphatic rings. The highest BCUT2D eigenvalue weighted by Crippen LogP contribution is 2.16. The van der Waals surface area contributed by atoms with Crippen molar-refractivity contribution in [1.29, 1.82) is 0 Å². The molecule has 6 nitrogen and oxygen atoms in total. The zero-order chi connectivity index (χ0) is 16.2. The van der Waals surface area contributed by atoms with E-state index in [0.717, 1.165) is 0 Å². The zero-order valence-electron chi connectivity index (χ0n) is 12.5. The third kappa shape index (κ3) is 5.55. The summed E-state index contributed by atoms with van der Waals surface area (Å²) in [5.74, 6) is -0.703. The maximum Gasteiger partial charge on any atom is 0.408 e. The van der Waals surface area contributed by atoms with Gasteiger partial charge in [0.1, 0.15) is 11.6 Å². The number of nitrogens with two attached hydrogens (primary N) is 1. The fraction of sp³-hybridized carbons (Fsp3) is 0.429. The van der Waals surface area contributed by atoms with E-state index in [9.17, 15) is 13.8 Å². The number of primary amides is 1. The molecule has 116 valence electrons. The predicted molar refractivity (Wildman–Crippen MR) is 80.1 cm³/mol. The number of amides is 2. The summed E-state index contributed by atoms with van der Waals surface area (Å²) in [5.41, 5.74) is 5.14. The first-order chi connectivity index (χ1) is 9.60. The summed E-state index contributed by atoms with van der Waals surface area (Å²) < 4.78 is 16.4. The van der Waals surface area contributed by atoms with E-state index in [-0.39, 0.29) is 0 Å². The highest BCUT2D eigenvalue weighted by molar-refractivity contribution is 7.84. The number of hydrogen-bond donors (Lipinski definition) is 2. The molecule has 3 N–H and O–H groups in total. The Morgan fingerprint density at radius 1 is 1.24 bits per heavy atom. The third-order valence-electron chi connectivity index (χ3n) is 2.49. The fourth-order valence-electron chi connectivity index (χ4n) is 1.60. The average molecular weight is 312 g/mol. The number of nitrogens with one attached hydrogen (secondary N) is 1. The summed E-state index contributed by atoms with van der Waals surface area (Å²) in [4.78, 5) is 23.9. The second-order valence-electron chi connectivity index (χ2n) is 5.50. The summed E-state index contributed by atoms with van der Waals surface area (Å²) >= 11 is 0. The van der Waals surface area contributed by atoms with Gasteiger partial charge in [0.2, 0.25) is 5.91 Å². The van der Waals surface area contributed by atoms with Crippen LogP contribution in [0.15, 0.2) is 29.2 Å². The third-order valence-corrected chi connectivity index (χ3v) is 3.43. The van der Waals surface area contributed by atoms with Gasteiger partial charge in [0.15, 0.2) is 0 Å². The number of rotatable bonds is 4. The van der Waals surface area contributed by atoms with Crippen molar-refractivity contribution in [1.82, 2.24) is 5.32 Å². The number of alkyl carbamates (subject to hydrolysis) is 1. The van der Waals surface area contributed by atoms with Crippen molar-refractivity contribution in [2.75, 3.05) is 6.26 Å². The van der Waals surface area contributed by atoms with Crippen LogP contribution in [0.1, 0.15) is 32.4 Å². The molecule has 0 saturated heterocycles. The summed E-state index contributed by atoms with van der Waals surface area (Å²) in [6, 6.07) is 5.45. The Balaban J connectivity index is 2.89. The van der Waals surface area contributed by atoms with E-state index >= 15 is 0 Å². The first-order valence-electron chi connectivity index (χ1n) is 6.32.